The molecule has 1 aliphatic heterocycles. The van der Waals surface area contributed by atoms with Crippen LogP contribution in [0.5, 0.6) is 0 Å². The minimum absolute atomic E-state index is 0.103. The second-order valence-electron chi connectivity index (χ2n) is 4.90. The predicted octanol–water partition coefficient (Wildman–Crippen LogP) is -1.20. The van der Waals surface area contributed by atoms with E-state index in [4.69, 9.17) is 14.4 Å². The number of hydrogen-bond acceptors (Lipinski definition) is 11. The number of thioether (sulfide) groups is 2. The molecule has 1 aliphatic rings. The molecule has 0 aliphatic carbocycles. The van der Waals surface area contributed by atoms with Crippen LogP contribution in [0.1, 0.15) is 12.8 Å². The van der Waals surface area contributed by atoms with Crippen LogP contribution in [0.4, 0.5) is 0 Å². The van der Waals surface area contributed by atoms with Crippen molar-refractivity contribution in [2.45, 2.75) is 42.7 Å². The van der Waals surface area contributed by atoms with Crippen LogP contribution < -0.4 is 0 Å². The van der Waals surface area contributed by atoms with Gasteiger partial charge in [0.25, 0.3) is 0 Å². The summed E-state index contributed by atoms with van der Waals surface area (Å²) >= 11 is 2.33. The molecule has 24 heavy (non-hydrogen) atoms. The second-order valence-corrected chi connectivity index (χ2v) is 8.06. The van der Waals surface area contributed by atoms with E-state index in [2.05, 4.69) is 9.44 Å². The van der Waals surface area contributed by atoms with Gasteiger partial charge in [-0.3, -0.25) is 4.55 Å². The minimum Gasteiger partial charge on any atom is -0.394 e. The van der Waals surface area contributed by atoms with Gasteiger partial charge in [-0.1, -0.05) is 16.9 Å². The van der Waals surface area contributed by atoms with Crippen LogP contribution in [0.15, 0.2) is 5.16 Å². The molecule has 0 saturated carbocycles. The average Bonchev–Trinajstić information content (AvgIpc) is 2.52. The topological polar surface area (TPSA) is 166 Å². The first kappa shape index (κ1) is 21.9. The summed E-state index contributed by atoms with van der Waals surface area (Å²) in [7, 11) is -4.78. The van der Waals surface area contributed by atoms with Gasteiger partial charge in [-0.05, 0) is 18.4 Å². The van der Waals surface area contributed by atoms with Gasteiger partial charge in [0.15, 0.2) is 0 Å². The summed E-state index contributed by atoms with van der Waals surface area (Å²) in [6.07, 6.45) is -2.86. The summed E-state index contributed by atoms with van der Waals surface area (Å²) in [4.78, 5) is 0. The molecular weight excluding hydrogens is 386 g/mol. The van der Waals surface area contributed by atoms with Gasteiger partial charge in [-0.25, -0.2) is 4.28 Å². The Kier molecular flexibility index (Phi) is 9.25. The maximum Gasteiger partial charge on any atom is 0.466 e. The van der Waals surface area contributed by atoms with Crippen molar-refractivity contribution in [1.82, 2.24) is 0 Å². The normalized spacial score (nSPS) is 31.9. The number of rotatable bonds is 8. The highest BCUT2D eigenvalue weighted by Crippen LogP contribution is 2.30. The maximum atomic E-state index is 10.6. The first-order chi connectivity index (χ1) is 11.2. The van der Waals surface area contributed by atoms with Gasteiger partial charge in [0.2, 0.25) is 0 Å². The average molecular weight is 407 g/mol. The number of aliphatic hydroxyl groups is 4. The summed E-state index contributed by atoms with van der Waals surface area (Å²) in [5, 5.41) is 42.0. The summed E-state index contributed by atoms with van der Waals surface area (Å²) in [5.41, 5.74) is -1.11. The molecule has 1 heterocycles. The van der Waals surface area contributed by atoms with E-state index in [-0.39, 0.29) is 11.5 Å². The van der Waals surface area contributed by atoms with Gasteiger partial charge in [0.05, 0.1) is 6.61 Å². The molecule has 0 aromatic rings. The van der Waals surface area contributed by atoms with Crippen molar-refractivity contribution < 1.29 is 42.4 Å². The molecule has 5 atom stereocenters. The van der Waals surface area contributed by atoms with E-state index < -0.39 is 46.9 Å². The zero-order valence-electron chi connectivity index (χ0n) is 12.8. The molecule has 5 N–H and O–H groups in total. The fourth-order valence-corrected chi connectivity index (χ4v) is 3.65. The third kappa shape index (κ3) is 7.01. The van der Waals surface area contributed by atoms with E-state index >= 15 is 0 Å². The van der Waals surface area contributed by atoms with E-state index in [0.717, 1.165) is 17.5 Å². The van der Waals surface area contributed by atoms with E-state index in [9.17, 15) is 23.7 Å². The Bertz CT molecular complexity index is 513. The van der Waals surface area contributed by atoms with Crippen LogP contribution >= 0.6 is 23.5 Å². The first-order valence-corrected chi connectivity index (χ1v) is 10.5. The second kappa shape index (κ2) is 10.1. The Labute approximate surface area is 148 Å². The quantitative estimate of drug-likeness (QED) is 0.108. The van der Waals surface area contributed by atoms with Crippen molar-refractivity contribution in [1.29, 1.82) is 0 Å². The Morgan fingerprint density at radius 3 is 2.46 bits per heavy atom. The molecule has 1 rings (SSSR count). The highest BCUT2D eigenvalue weighted by atomic mass is 32.3. The number of ether oxygens (including phenoxy) is 1. The molecular formula is C11H21NO9S3. The number of hydrogen-bond donors (Lipinski definition) is 5. The lowest BCUT2D eigenvalue weighted by atomic mass is 10.0. The molecule has 1 saturated heterocycles. The first-order valence-electron chi connectivity index (χ1n) is 6.88. The molecule has 0 aromatic carbocycles. The van der Waals surface area contributed by atoms with Crippen molar-refractivity contribution in [3.8, 4) is 0 Å². The molecule has 13 heteroatoms. The molecule has 1 fully saturated rings. The highest BCUT2D eigenvalue weighted by molar-refractivity contribution is 8.14. The van der Waals surface area contributed by atoms with Gasteiger partial charge >= 0.3 is 10.4 Å². The zero-order valence-corrected chi connectivity index (χ0v) is 15.2. The minimum atomic E-state index is -4.78. The van der Waals surface area contributed by atoms with Crippen molar-refractivity contribution in [3.63, 3.8) is 0 Å². The van der Waals surface area contributed by atoms with Gasteiger partial charge in [-0.2, -0.15) is 20.2 Å². The third-order valence-corrected chi connectivity index (χ3v) is 5.21. The molecule has 0 unspecified atom stereocenters. The van der Waals surface area contributed by atoms with Crippen molar-refractivity contribution >= 4 is 39.0 Å². The predicted molar refractivity (Wildman–Crippen MR) is 89.0 cm³/mol. The molecule has 10 nitrogen and oxygen atoms in total. The van der Waals surface area contributed by atoms with Crippen molar-refractivity contribution in [2.24, 2.45) is 5.16 Å². The number of aliphatic hydroxyl groups excluding tert-OH is 4. The Morgan fingerprint density at radius 1 is 1.25 bits per heavy atom. The van der Waals surface area contributed by atoms with Gasteiger partial charge in [0, 0.05) is 6.42 Å². The standard InChI is InChI=1S/C11H21NO9S3/c1-22-4-2-3-7(12-21-24(17,18)19)23-11-10(16)9(15)8(14)6(5-13)20-11/h6,8-11,13-16H,2-5H2,1H3,(H,17,18,19)/b12-7-/t6-,8-,9-,10+,11+/m0/s1. The third-order valence-electron chi connectivity index (χ3n) is 3.07. The molecule has 0 spiro atoms. The fraction of sp³-hybridized carbons (Fsp3) is 0.909. The van der Waals surface area contributed by atoms with E-state index in [1.807, 2.05) is 6.26 Å². The van der Waals surface area contributed by atoms with Gasteiger partial charge in [-0.15, -0.1) is 0 Å². The SMILES string of the molecule is CSCCC/C(=N/OS(=O)(=O)O)S[C@H]1O[C@@H](CO)[C@H](O)[C@H](O)[C@H]1O. The summed E-state index contributed by atoms with van der Waals surface area (Å²) in [5.74, 6) is 0.750. The molecule has 0 radical (unpaired) electrons. The van der Waals surface area contributed by atoms with Crippen molar-refractivity contribution in [3.05, 3.63) is 0 Å². The smallest absolute Gasteiger partial charge is 0.394 e. The summed E-state index contributed by atoms with van der Waals surface area (Å²) in [6.45, 7) is -0.581. The van der Waals surface area contributed by atoms with Crippen LogP contribution in [0.25, 0.3) is 0 Å². The van der Waals surface area contributed by atoms with Crippen LogP contribution in [0, 0.1) is 0 Å². The van der Waals surface area contributed by atoms with E-state index in [0.29, 0.717) is 6.42 Å². The zero-order chi connectivity index (χ0) is 18.3. The fourth-order valence-electron chi connectivity index (χ4n) is 1.88. The maximum absolute atomic E-state index is 10.6. The van der Waals surface area contributed by atoms with Crippen LogP contribution in [0.3, 0.4) is 0 Å². The summed E-state index contributed by atoms with van der Waals surface area (Å²) in [6, 6.07) is 0. The monoisotopic (exact) mass is 407 g/mol. The van der Waals surface area contributed by atoms with Gasteiger partial charge in [0.1, 0.15) is 34.9 Å². The van der Waals surface area contributed by atoms with Crippen LogP contribution in [-0.2, 0) is 19.4 Å². The molecule has 0 bridgehead atoms. The summed E-state index contributed by atoms with van der Waals surface area (Å²) < 4.78 is 39.2. The largest absolute Gasteiger partial charge is 0.466 e. The highest BCUT2D eigenvalue weighted by Gasteiger charge is 2.44. The lowest BCUT2D eigenvalue weighted by molar-refractivity contribution is -0.205. The van der Waals surface area contributed by atoms with E-state index in [1.54, 1.807) is 11.8 Å². The van der Waals surface area contributed by atoms with Crippen LogP contribution in [-0.4, -0.2) is 86.9 Å². The Hall–Kier alpha value is -0.120. The molecule has 142 valence electrons. The lowest BCUT2D eigenvalue weighted by Crippen LogP contribution is -2.57. The number of nitrogens with zero attached hydrogens (tertiary/aromatic N) is 1. The number of oxime groups is 1. The van der Waals surface area contributed by atoms with Crippen molar-refractivity contribution in [2.75, 3.05) is 18.6 Å². The lowest BCUT2D eigenvalue weighted by Gasteiger charge is -2.39. The van der Waals surface area contributed by atoms with E-state index in [1.165, 1.54) is 0 Å². The van der Waals surface area contributed by atoms with Gasteiger partial charge < -0.3 is 25.2 Å². The Morgan fingerprint density at radius 2 is 1.92 bits per heavy atom. The Balaban J connectivity index is 2.82. The van der Waals surface area contributed by atoms with Crippen LogP contribution in [0.2, 0.25) is 0 Å². The molecule has 0 aromatic heterocycles. The molecule has 0 amide bonds.